The summed E-state index contributed by atoms with van der Waals surface area (Å²) in [7, 11) is 0. The van der Waals surface area contributed by atoms with Crippen molar-refractivity contribution in [2.24, 2.45) is 0 Å². The van der Waals surface area contributed by atoms with Gasteiger partial charge < -0.3 is 0 Å². The van der Waals surface area contributed by atoms with Crippen LogP contribution < -0.4 is 0 Å². The van der Waals surface area contributed by atoms with E-state index in [0.717, 1.165) is 28.7 Å². The molecule has 0 unspecified atom stereocenters. The quantitative estimate of drug-likeness (QED) is 0.299. The summed E-state index contributed by atoms with van der Waals surface area (Å²) >= 11 is 0. The number of allylic oxidation sites excluding steroid dienone is 6. The van der Waals surface area contributed by atoms with E-state index in [4.69, 9.17) is 0 Å². The van der Waals surface area contributed by atoms with Crippen molar-refractivity contribution >= 4 is 11.4 Å². The van der Waals surface area contributed by atoms with Gasteiger partial charge in [0.1, 0.15) is 0 Å². The van der Waals surface area contributed by atoms with Crippen LogP contribution in [-0.4, -0.2) is 5.78 Å². The number of Topliss-reactive ketones (excluding diaryl/α,β-unsaturated/α-hetero) is 1. The minimum atomic E-state index is 0.115. The topological polar surface area (TPSA) is 17.1 Å². The maximum Gasteiger partial charge on any atom is 0.189 e. The zero-order valence-electron chi connectivity index (χ0n) is 16.3. The Hall–Kier alpha value is -2.67. The Morgan fingerprint density at radius 1 is 0.692 bits per heavy atom. The first-order valence-corrected chi connectivity index (χ1v) is 9.13. The van der Waals surface area contributed by atoms with Crippen LogP contribution in [0, 0.1) is 0 Å². The van der Waals surface area contributed by atoms with Gasteiger partial charge in [-0.15, -0.1) is 0 Å². The lowest BCUT2D eigenvalue weighted by Crippen LogP contribution is -2.06. The van der Waals surface area contributed by atoms with Gasteiger partial charge in [0, 0.05) is 11.1 Å². The number of hydrogen-bond donors (Lipinski definition) is 0. The SMILES string of the molecule is CC(C)=CCC(C(=O)c1ccccc1)=C(CC=C(C)C)c1ccccc1. The Morgan fingerprint density at radius 3 is 1.65 bits per heavy atom. The summed E-state index contributed by atoms with van der Waals surface area (Å²) in [6.45, 7) is 8.33. The molecule has 0 saturated heterocycles. The Labute approximate surface area is 157 Å². The molecule has 0 amide bonds. The van der Waals surface area contributed by atoms with Gasteiger partial charge in [0.05, 0.1) is 0 Å². The van der Waals surface area contributed by atoms with Gasteiger partial charge in [0.2, 0.25) is 0 Å². The lowest BCUT2D eigenvalue weighted by Gasteiger charge is -2.14. The van der Waals surface area contributed by atoms with Gasteiger partial charge in [-0.2, -0.15) is 0 Å². The van der Waals surface area contributed by atoms with Crippen LogP contribution in [0.2, 0.25) is 0 Å². The molecule has 0 fully saturated rings. The van der Waals surface area contributed by atoms with E-state index in [2.05, 4.69) is 52.0 Å². The second-order valence-corrected chi connectivity index (χ2v) is 6.99. The van der Waals surface area contributed by atoms with E-state index in [1.54, 1.807) is 0 Å². The summed E-state index contributed by atoms with van der Waals surface area (Å²) in [5.41, 5.74) is 6.33. The van der Waals surface area contributed by atoms with Crippen LogP contribution in [-0.2, 0) is 0 Å². The van der Waals surface area contributed by atoms with Crippen molar-refractivity contribution < 1.29 is 4.79 Å². The normalized spacial score (nSPS) is 11.4. The Balaban J connectivity index is 2.62. The monoisotopic (exact) mass is 344 g/mol. The zero-order valence-corrected chi connectivity index (χ0v) is 16.3. The second kappa shape index (κ2) is 9.72. The van der Waals surface area contributed by atoms with E-state index >= 15 is 0 Å². The molecule has 0 N–H and O–H groups in total. The number of rotatable bonds is 7. The molecular formula is C25H28O. The lowest BCUT2D eigenvalue weighted by molar-refractivity contribution is 0.103. The van der Waals surface area contributed by atoms with Gasteiger partial charge in [-0.25, -0.2) is 0 Å². The van der Waals surface area contributed by atoms with Crippen LogP contribution in [0.15, 0.2) is 89.5 Å². The Morgan fingerprint density at radius 2 is 1.15 bits per heavy atom. The number of carbonyl (C=O) groups is 1. The first kappa shape index (κ1) is 19.7. The lowest BCUT2D eigenvalue weighted by atomic mass is 9.89. The third kappa shape index (κ3) is 5.70. The van der Waals surface area contributed by atoms with Crippen molar-refractivity contribution in [3.05, 3.63) is 101 Å². The van der Waals surface area contributed by atoms with E-state index in [1.807, 2.05) is 48.5 Å². The van der Waals surface area contributed by atoms with Gasteiger partial charge in [0.25, 0.3) is 0 Å². The van der Waals surface area contributed by atoms with Crippen LogP contribution in [0.25, 0.3) is 5.57 Å². The molecule has 0 radical (unpaired) electrons. The number of benzene rings is 2. The maximum absolute atomic E-state index is 13.3. The summed E-state index contributed by atoms with van der Waals surface area (Å²) in [4.78, 5) is 13.3. The molecule has 134 valence electrons. The molecule has 0 aliphatic heterocycles. The number of hydrogen-bond acceptors (Lipinski definition) is 1. The summed E-state index contributed by atoms with van der Waals surface area (Å²) in [6, 6.07) is 19.8. The van der Waals surface area contributed by atoms with Crippen LogP contribution in [0.3, 0.4) is 0 Å². The third-order valence-electron chi connectivity index (χ3n) is 4.23. The van der Waals surface area contributed by atoms with Gasteiger partial charge in [-0.1, -0.05) is 84.0 Å². The average molecular weight is 344 g/mol. The summed E-state index contributed by atoms with van der Waals surface area (Å²) in [6.07, 6.45) is 5.75. The molecule has 26 heavy (non-hydrogen) atoms. The molecular weight excluding hydrogens is 316 g/mol. The van der Waals surface area contributed by atoms with Crippen LogP contribution >= 0.6 is 0 Å². The second-order valence-electron chi connectivity index (χ2n) is 6.99. The van der Waals surface area contributed by atoms with Crippen molar-refractivity contribution in [2.75, 3.05) is 0 Å². The zero-order chi connectivity index (χ0) is 18.9. The van der Waals surface area contributed by atoms with E-state index in [-0.39, 0.29) is 5.78 Å². The van der Waals surface area contributed by atoms with Gasteiger partial charge in [0.15, 0.2) is 5.78 Å². The molecule has 2 aromatic carbocycles. The first-order valence-electron chi connectivity index (χ1n) is 9.13. The molecule has 0 atom stereocenters. The van der Waals surface area contributed by atoms with Crippen molar-refractivity contribution in [1.82, 2.24) is 0 Å². The fourth-order valence-corrected chi connectivity index (χ4v) is 2.78. The highest BCUT2D eigenvalue weighted by Crippen LogP contribution is 2.28. The predicted molar refractivity (Wildman–Crippen MR) is 112 cm³/mol. The molecule has 0 heterocycles. The van der Waals surface area contributed by atoms with Crippen molar-refractivity contribution in [3.8, 4) is 0 Å². The molecule has 2 rings (SSSR count). The molecule has 0 aromatic heterocycles. The maximum atomic E-state index is 13.3. The molecule has 0 spiro atoms. The van der Waals surface area contributed by atoms with Crippen LogP contribution in [0.5, 0.6) is 0 Å². The average Bonchev–Trinajstić information content (AvgIpc) is 2.65. The highest BCUT2D eigenvalue weighted by atomic mass is 16.1. The standard InChI is InChI=1S/C25H28O/c1-19(2)15-17-23(21-11-7-5-8-12-21)24(18-16-20(3)4)25(26)22-13-9-6-10-14-22/h5-16H,17-18H2,1-4H3. The molecule has 0 bridgehead atoms. The smallest absolute Gasteiger partial charge is 0.189 e. The largest absolute Gasteiger partial charge is 0.289 e. The third-order valence-corrected chi connectivity index (χ3v) is 4.23. The number of carbonyl (C=O) groups excluding carboxylic acids is 1. The molecule has 1 heteroatoms. The molecule has 0 saturated carbocycles. The van der Waals surface area contributed by atoms with Gasteiger partial charge in [-0.3, -0.25) is 4.79 Å². The van der Waals surface area contributed by atoms with E-state index in [1.165, 1.54) is 11.1 Å². The van der Waals surface area contributed by atoms with Crippen LogP contribution in [0.1, 0.15) is 56.5 Å². The molecule has 0 aliphatic carbocycles. The van der Waals surface area contributed by atoms with Crippen LogP contribution in [0.4, 0.5) is 0 Å². The van der Waals surface area contributed by atoms with E-state index in [9.17, 15) is 4.79 Å². The fourth-order valence-electron chi connectivity index (χ4n) is 2.78. The van der Waals surface area contributed by atoms with E-state index < -0.39 is 0 Å². The summed E-state index contributed by atoms with van der Waals surface area (Å²) in [5, 5.41) is 0. The van der Waals surface area contributed by atoms with Gasteiger partial charge in [-0.05, 0) is 51.7 Å². The minimum absolute atomic E-state index is 0.115. The Kier molecular flexibility index (Phi) is 7.35. The predicted octanol–water partition coefficient (Wildman–Crippen LogP) is 7.04. The van der Waals surface area contributed by atoms with Crippen molar-refractivity contribution in [2.45, 2.75) is 40.5 Å². The highest BCUT2D eigenvalue weighted by molar-refractivity contribution is 6.13. The Bertz CT molecular complexity index is 813. The van der Waals surface area contributed by atoms with Gasteiger partial charge >= 0.3 is 0 Å². The minimum Gasteiger partial charge on any atom is -0.289 e. The van der Waals surface area contributed by atoms with Crippen molar-refractivity contribution in [1.29, 1.82) is 0 Å². The first-order chi connectivity index (χ1) is 12.5. The fraction of sp³-hybridized carbons (Fsp3) is 0.240. The molecule has 1 nitrogen and oxygen atoms in total. The van der Waals surface area contributed by atoms with Crippen molar-refractivity contribution in [3.63, 3.8) is 0 Å². The molecule has 2 aromatic rings. The summed E-state index contributed by atoms with van der Waals surface area (Å²) < 4.78 is 0. The van der Waals surface area contributed by atoms with E-state index in [0.29, 0.717) is 6.42 Å². The molecule has 0 aliphatic rings. The number of ketones is 1. The highest BCUT2D eigenvalue weighted by Gasteiger charge is 2.17. The summed E-state index contributed by atoms with van der Waals surface area (Å²) in [5.74, 6) is 0.115.